The van der Waals surface area contributed by atoms with Gasteiger partial charge in [0.2, 0.25) is 11.8 Å². The summed E-state index contributed by atoms with van der Waals surface area (Å²) >= 11 is 0. The summed E-state index contributed by atoms with van der Waals surface area (Å²) in [6.07, 6.45) is 0.743. The summed E-state index contributed by atoms with van der Waals surface area (Å²) in [5.74, 6) is -0.698. The zero-order chi connectivity index (χ0) is 19.3. The molecule has 1 fully saturated rings. The van der Waals surface area contributed by atoms with E-state index in [2.05, 4.69) is 0 Å². The Morgan fingerprint density at radius 2 is 1.96 bits per heavy atom. The number of hydrogen-bond donors (Lipinski definition) is 1. The predicted molar refractivity (Wildman–Crippen MR) is 93.2 cm³/mol. The third-order valence-corrected chi connectivity index (χ3v) is 4.43. The number of ether oxygens (including phenoxy) is 2. The highest BCUT2D eigenvalue weighted by atomic mass is 16.5. The summed E-state index contributed by atoms with van der Waals surface area (Å²) in [4.78, 5) is 37.9. The Morgan fingerprint density at radius 1 is 1.27 bits per heavy atom. The van der Waals surface area contributed by atoms with E-state index in [1.165, 1.54) is 7.05 Å². The van der Waals surface area contributed by atoms with Crippen molar-refractivity contribution in [2.24, 2.45) is 5.92 Å². The van der Waals surface area contributed by atoms with Gasteiger partial charge in [-0.1, -0.05) is 6.07 Å². The predicted octanol–water partition coefficient (Wildman–Crippen LogP) is 0.638. The van der Waals surface area contributed by atoms with E-state index in [-0.39, 0.29) is 24.8 Å². The molecule has 2 rings (SSSR count). The Balaban J connectivity index is 1.94. The van der Waals surface area contributed by atoms with Crippen LogP contribution >= 0.6 is 0 Å². The summed E-state index contributed by atoms with van der Waals surface area (Å²) in [7, 11) is 4.57. The van der Waals surface area contributed by atoms with E-state index in [1.807, 2.05) is 18.2 Å². The van der Waals surface area contributed by atoms with Gasteiger partial charge in [-0.2, -0.15) is 0 Å². The fraction of sp³-hybridized carbons (Fsp3) is 0.500. The second kappa shape index (κ2) is 8.55. The molecule has 142 valence electrons. The number of amides is 2. The van der Waals surface area contributed by atoms with E-state index in [9.17, 15) is 14.4 Å². The SMILES string of the molecule is COc1ccc(CCN2CC(C(=O)N(C)CC(=O)O)CC2=O)cc1OC. The summed E-state index contributed by atoms with van der Waals surface area (Å²) in [5.41, 5.74) is 0.994. The highest BCUT2D eigenvalue weighted by Gasteiger charge is 2.35. The standard InChI is InChI=1S/C18H24N2O6/c1-19(11-17(22)23)18(24)13-9-16(21)20(10-13)7-6-12-4-5-14(25-2)15(8-12)26-3/h4-5,8,13H,6-7,9-11H2,1-3H3,(H,22,23). The summed E-state index contributed by atoms with van der Waals surface area (Å²) in [5, 5.41) is 8.78. The van der Waals surface area contributed by atoms with Crippen LogP contribution in [0.3, 0.4) is 0 Å². The normalized spacial score (nSPS) is 16.5. The molecule has 26 heavy (non-hydrogen) atoms. The molecule has 1 heterocycles. The number of carbonyl (C=O) groups is 3. The maximum Gasteiger partial charge on any atom is 0.323 e. The van der Waals surface area contributed by atoms with Crippen LogP contribution in [0.25, 0.3) is 0 Å². The number of carboxylic acids is 1. The number of likely N-dealkylation sites (tertiary alicyclic amines) is 1. The number of methoxy groups -OCH3 is 2. The maximum absolute atomic E-state index is 12.3. The first-order valence-corrected chi connectivity index (χ1v) is 8.31. The van der Waals surface area contributed by atoms with Crippen LogP contribution in [0, 0.1) is 5.92 Å². The molecule has 0 radical (unpaired) electrons. The van der Waals surface area contributed by atoms with Gasteiger partial charge in [-0.25, -0.2) is 0 Å². The van der Waals surface area contributed by atoms with Gasteiger partial charge in [0.1, 0.15) is 6.54 Å². The number of benzene rings is 1. The van der Waals surface area contributed by atoms with Gasteiger partial charge in [0, 0.05) is 26.6 Å². The molecule has 1 aromatic carbocycles. The highest BCUT2D eigenvalue weighted by Crippen LogP contribution is 2.28. The molecule has 1 aromatic rings. The molecular weight excluding hydrogens is 340 g/mol. The van der Waals surface area contributed by atoms with Gasteiger partial charge in [-0.05, 0) is 24.1 Å². The number of carboxylic acid groups (broad SMARTS) is 1. The first-order valence-electron chi connectivity index (χ1n) is 8.31. The van der Waals surface area contributed by atoms with Crippen molar-refractivity contribution in [1.82, 2.24) is 9.80 Å². The molecule has 0 bridgehead atoms. The van der Waals surface area contributed by atoms with Crippen LogP contribution in [0.5, 0.6) is 11.5 Å². The summed E-state index contributed by atoms with van der Waals surface area (Å²) in [6.45, 7) is 0.435. The fourth-order valence-corrected chi connectivity index (χ4v) is 3.05. The lowest BCUT2D eigenvalue weighted by Gasteiger charge is -2.20. The maximum atomic E-state index is 12.3. The quantitative estimate of drug-likeness (QED) is 0.727. The van der Waals surface area contributed by atoms with Crippen LogP contribution < -0.4 is 9.47 Å². The second-order valence-electron chi connectivity index (χ2n) is 6.27. The van der Waals surface area contributed by atoms with E-state index < -0.39 is 11.9 Å². The largest absolute Gasteiger partial charge is 0.493 e. The van der Waals surface area contributed by atoms with Crippen LogP contribution in [0.2, 0.25) is 0 Å². The molecule has 8 nitrogen and oxygen atoms in total. The number of nitrogens with zero attached hydrogens (tertiary/aromatic N) is 2. The van der Waals surface area contributed by atoms with Crippen molar-refractivity contribution in [1.29, 1.82) is 0 Å². The minimum absolute atomic E-state index is 0.0902. The van der Waals surface area contributed by atoms with E-state index in [0.717, 1.165) is 10.5 Å². The zero-order valence-electron chi connectivity index (χ0n) is 15.2. The van der Waals surface area contributed by atoms with Crippen LogP contribution in [0.1, 0.15) is 12.0 Å². The van der Waals surface area contributed by atoms with Gasteiger partial charge in [0.15, 0.2) is 11.5 Å². The van der Waals surface area contributed by atoms with Gasteiger partial charge in [0.05, 0.1) is 20.1 Å². The molecule has 0 saturated carbocycles. The van der Waals surface area contributed by atoms with Crippen molar-refractivity contribution in [2.45, 2.75) is 12.8 Å². The number of carbonyl (C=O) groups excluding carboxylic acids is 2. The number of aliphatic carboxylic acids is 1. The summed E-state index contributed by atoms with van der Waals surface area (Å²) < 4.78 is 10.5. The monoisotopic (exact) mass is 364 g/mol. The van der Waals surface area contributed by atoms with Crippen molar-refractivity contribution < 1.29 is 29.0 Å². The Labute approximate surface area is 152 Å². The summed E-state index contributed by atoms with van der Waals surface area (Å²) in [6, 6.07) is 5.58. The molecule has 1 aliphatic rings. The molecule has 2 amide bonds. The first kappa shape index (κ1) is 19.6. The Morgan fingerprint density at radius 3 is 2.58 bits per heavy atom. The zero-order valence-corrected chi connectivity index (χ0v) is 15.2. The van der Waals surface area contributed by atoms with E-state index in [4.69, 9.17) is 14.6 Å². The Kier molecular flexibility index (Phi) is 6.43. The van der Waals surface area contributed by atoms with Gasteiger partial charge >= 0.3 is 5.97 Å². The minimum atomic E-state index is -1.07. The number of hydrogen-bond acceptors (Lipinski definition) is 5. The van der Waals surface area contributed by atoms with E-state index >= 15 is 0 Å². The minimum Gasteiger partial charge on any atom is -0.493 e. The second-order valence-corrected chi connectivity index (χ2v) is 6.27. The fourth-order valence-electron chi connectivity index (χ4n) is 3.05. The van der Waals surface area contributed by atoms with Crippen molar-refractivity contribution in [3.8, 4) is 11.5 Å². The van der Waals surface area contributed by atoms with E-state index in [0.29, 0.717) is 31.0 Å². The van der Waals surface area contributed by atoms with Crippen molar-refractivity contribution in [3.05, 3.63) is 23.8 Å². The average molecular weight is 364 g/mol. The molecule has 0 spiro atoms. The molecule has 1 atom stereocenters. The lowest BCUT2D eigenvalue weighted by molar-refractivity contribution is -0.145. The highest BCUT2D eigenvalue weighted by molar-refractivity contribution is 5.90. The third-order valence-electron chi connectivity index (χ3n) is 4.43. The molecule has 1 unspecified atom stereocenters. The van der Waals surface area contributed by atoms with Gasteiger partial charge in [-0.3, -0.25) is 14.4 Å². The van der Waals surface area contributed by atoms with E-state index in [1.54, 1.807) is 19.1 Å². The topological polar surface area (TPSA) is 96.4 Å². The van der Waals surface area contributed by atoms with Crippen LogP contribution in [-0.4, -0.2) is 73.6 Å². The lowest BCUT2D eigenvalue weighted by atomic mass is 10.1. The molecule has 1 saturated heterocycles. The number of rotatable bonds is 8. The van der Waals surface area contributed by atoms with Crippen molar-refractivity contribution in [2.75, 3.05) is 40.9 Å². The van der Waals surface area contributed by atoms with Crippen LogP contribution in [0.4, 0.5) is 0 Å². The van der Waals surface area contributed by atoms with Gasteiger partial charge in [-0.15, -0.1) is 0 Å². The number of likely N-dealkylation sites (N-methyl/N-ethyl adjacent to an activating group) is 1. The van der Waals surface area contributed by atoms with Crippen molar-refractivity contribution in [3.63, 3.8) is 0 Å². The van der Waals surface area contributed by atoms with Crippen molar-refractivity contribution >= 4 is 17.8 Å². The lowest BCUT2D eigenvalue weighted by Crippen LogP contribution is -2.38. The average Bonchev–Trinajstić information content (AvgIpc) is 2.99. The molecule has 0 aliphatic carbocycles. The smallest absolute Gasteiger partial charge is 0.323 e. The third kappa shape index (κ3) is 4.65. The molecule has 1 aliphatic heterocycles. The Hall–Kier alpha value is -2.77. The van der Waals surface area contributed by atoms with Gasteiger partial charge < -0.3 is 24.4 Å². The van der Waals surface area contributed by atoms with Crippen LogP contribution in [0.15, 0.2) is 18.2 Å². The Bertz CT molecular complexity index is 690. The van der Waals surface area contributed by atoms with Crippen LogP contribution in [-0.2, 0) is 20.8 Å². The molecular formula is C18H24N2O6. The first-order chi connectivity index (χ1) is 12.3. The van der Waals surface area contributed by atoms with Gasteiger partial charge in [0.25, 0.3) is 0 Å². The molecule has 8 heteroatoms. The molecule has 1 N–H and O–H groups in total. The molecule has 0 aromatic heterocycles.